The van der Waals surface area contributed by atoms with E-state index in [1.165, 1.54) is 18.4 Å². The molecule has 1 aromatic carbocycles. The molecule has 1 atom stereocenters. The van der Waals surface area contributed by atoms with Crippen molar-refractivity contribution in [3.8, 4) is 5.75 Å². The van der Waals surface area contributed by atoms with Crippen LogP contribution in [0.2, 0.25) is 5.02 Å². The minimum atomic E-state index is 0.531. The first-order chi connectivity index (χ1) is 7.76. The van der Waals surface area contributed by atoms with Crippen molar-refractivity contribution in [2.45, 2.75) is 25.2 Å². The van der Waals surface area contributed by atoms with Crippen LogP contribution < -0.4 is 10.5 Å². The van der Waals surface area contributed by atoms with Crippen LogP contribution in [-0.2, 0) is 0 Å². The van der Waals surface area contributed by atoms with Gasteiger partial charge in [0.15, 0.2) is 0 Å². The summed E-state index contributed by atoms with van der Waals surface area (Å²) in [5.41, 5.74) is 6.90. The smallest absolute Gasteiger partial charge is 0.120 e. The minimum absolute atomic E-state index is 0.531. The van der Waals surface area contributed by atoms with E-state index in [9.17, 15) is 0 Å². The van der Waals surface area contributed by atoms with E-state index in [0.29, 0.717) is 5.92 Å². The summed E-state index contributed by atoms with van der Waals surface area (Å²) < 4.78 is 5.16. The molecular weight excluding hydrogens is 222 g/mol. The van der Waals surface area contributed by atoms with Gasteiger partial charge in [0, 0.05) is 5.02 Å². The molecule has 2 N–H and O–H groups in total. The lowest BCUT2D eigenvalue weighted by Gasteiger charge is -2.17. The SMILES string of the molecule is COc1ccc(C(CCN)C2CC2)c(Cl)c1. The van der Waals surface area contributed by atoms with Gasteiger partial charge in [-0.05, 0) is 55.3 Å². The zero-order valence-electron chi connectivity index (χ0n) is 9.58. The maximum atomic E-state index is 6.29. The molecule has 0 aliphatic heterocycles. The standard InChI is InChI=1S/C13H18ClNO/c1-16-10-4-5-12(13(14)8-10)11(6-7-15)9-2-3-9/h4-5,8-9,11H,2-3,6-7,15H2,1H3. The average molecular weight is 240 g/mol. The van der Waals surface area contributed by atoms with Crippen LogP contribution in [0.3, 0.4) is 0 Å². The predicted molar refractivity (Wildman–Crippen MR) is 67.1 cm³/mol. The summed E-state index contributed by atoms with van der Waals surface area (Å²) in [5, 5.41) is 0.810. The van der Waals surface area contributed by atoms with Crippen LogP contribution in [0.25, 0.3) is 0 Å². The molecule has 0 radical (unpaired) electrons. The number of nitrogens with two attached hydrogens (primary N) is 1. The minimum Gasteiger partial charge on any atom is -0.497 e. The summed E-state index contributed by atoms with van der Waals surface area (Å²) >= 11 is 6.29. The molecule has 3 heteroatoms. The van der Waals surface area contributed by atoms with Crippen molar-refractivity contribution < 1.29 is 4.74 Å². The monoisotopic (exact) mass is 239 g/mol. The molecule has 0 spiro atoms. The van der Waals surface area contributed by atoms with E-state index >= 15 is 0 Å². The maximum absolute atomic E-state index is 6.29. The number of ether oxygens (including phenoxy) is 1. The molecule has 0 saturated heterocycles. The van der Waals surface area contributed by atoms with Crippen molar-refractivity contribution in [3.05, 3.63) is 28.8 Å². The van der Waals surface area contributed by atoms with E-state index in [0.717, 1.165) is 29.7 Å². The largest absolute Gasteiger partial charge is 0.497 e. The highest BCUT2D eigenvalue weighted by atomic mass is 35.5. The second-order valence-corrected chi connectivity index (χ2v) is 4.82. The molecule has 16 heavy (non-hydrogen) atoms. The van der Waals surface area contributed by atoms with E-state index in [2.05, 4.69) is 6.07 Å². The molecule has 1 aromatic rings. The molecule has 1 aliphatic rings. The molecule has 0 bridgehead atoms. The van der Waals surface area contributed by atoms with Crippen LogP contribution in [0.1, 0.15) is 30.7 Å². The Kier molecular flexibility index (Phi) is 3.72. The highest BCUT2D eigenvalue weighted by molar-refractivity contribution is 6.31. The molecule has 1 unspecified atom stereocenters. The molecule has 1 aliphatic carbocycles. The zero-order chi connectivity index (χ0) is 11.5. The number of halogens is 1. The van der Waals surface area contributed by atoms with Gasteiger partial charge in [0.1, 0.15) is 5.75 Å². The van der Waals surface area contributed by atoms with Crippen LogP contribution in [-0.4, -0.2) is 13.7 Å². The summed E-state index contributed by atoms with van der Waals surface area (Å²) in [5.74, 6) is 2.13. The van der Waals surface area contributed by atoms with E-state index in [4.69, 9.17) is 22.1 Å². The van der Waals surface area contributed by atoms with Gasteiger partial charge in [-0.15, -0.1) is 0 Å². The molecule has 0 amide bonds. The number of hydrogen-bond acceptors (Lipinski definition) is 2. The quantitative estimate of drug-likeness (QED) is 0.857. The summed E-state index contributed by atoms with van der Waals surface area (Å²) in [6, 6.07) is 5.95. The Morgan fingerprint density at radius 1 is 1.50 bits per heavy atom. The highest BCUT2D eigenvalue weighted by Crippen LogP contribution is 2.46. The Balaban J connectivity index is 2.22. The topological polar surface area (TPSA) is 35.2 Å². The molecule has 88 valence electrons. The van der Waals surface area contributed by atoms with Crippen molar-refractivity contribution in [3.63, 3.8) is 0 Å². The maximum Gasteiger partial charge on any atom is 0.120 e. The average Bonchev–Trinajstić information content (AvgIpc) is 3.10. The lowest BCUT2D eigenvalue weighted by atomic mass is 9.91. The first kappa shape index (κ1) is 11.7. The van der Waals surface area contributed by atoms with E-state index in [1.807, 2.05) is 12.1 Å². The Labute approximate surface area is 102 Å². The molecule has 2 rings (SSSR count). The molecule has 0 aromatic heterocycles. The van der Waals surface area contributed by atoms with Crippen LogP contribution >= 0.6 is 11.6 Å². The summed E-state index contributed by atoms with van der Waals surface area (Å²) in [7, 11) is 1.66. The van der Waals surface area contributed by atoms with Crippen molar-refractivity contribution in [2.24, 2.45) is 11.7 Å². The normalized spacial score (nSPS) is 17.2. The lowest BCUT2D eigenvalue weighted by molar-refractivity contribution is 0.414. The van der Waals surface area contributed by atoms with Gasteiger partial charge in [-0.25, -0.2) is 0 Å². The van der Waals surface area contributed by atoms with Crippen molar-refractivity contribution >= 4 is 11.6 Å². The predicted octanol–water partition coefficient (Wildman–Crippen LogP) is 3.19. The van der Waals surface area contributed by atoms with Gasteiger partial charge in [-0.2, -0.15) is 0 Å². The summed E-state index contributed by atoms with van der Waals surface area (Å²) in [6.07, 6.45) is 3.65. The first-order valence-corrected chi connectivity index (χ1v) is 6.17. The third-order valence-electron chi connectivity index (χ3n) is 3.28. The molecule has 1 fully saturated rings. The number of benzene rings is 1. The Bertz CT molecular complexity index is 363. The van der Waals surface area contributed by atoms with Gasteiger partial charge in [0.2, 0.25) is 0 Å². The fourth-order valence-corrected chi connectivity index (χ4v) is 2.57. The van der Waals surface area contributed by atoms with Gasteiger partial charge in [0.25, 0.3) is 0 Å². The van der Waals surface area contributed by atoms with E-state index < -0.39 is 0 Å². The number of rotatable bonds is 5. The molecule has 1 saturated carbocycles. The van der Waals surface area contributed by atoms with Gasteiger partial charge < -0.3 is 10.5 Å². The van der Waals surface area contributed by atoms with Crippen LogP contribution in [0, 0.1) is 5.92 Å². The van der Waals surface area contributed by atoms with Crippen LogP contribution in [0.5, 0.6) is 5.75 Å². The third-order valence-corrected chi connectivity index (χ3v) is 3.60. The third kappa shape index (κ3) is 2.50. The van der Waals surface area contributed by atoms with E-state index in [1.54, 1.807) is 7.11 Å². The molecule has 2 nitrogen and oxygen atoms in total. The highest BCUT2D eigenvalue weighted by Gasteiger charge is 2.32. The van der Waals surface area contributed by atoms with E-state index in [-0.39, 0.29) is 0 Å². The summed E-state index contributed by atoms with van der Waals surface area (Å²) in [4.78, 5) is 0. The van der Waals surface area contributed by atoms with Crippen molar-refractivity contribution in [2.75, 3.05) is 13.7 Å². The second kappa shape index (κ2) is 5.07. The Morgan fingerprint density at radius 2 is 2.25 bits per heavy atom. The van der Waals surface area contributed by atoms with Gasteiger partial charge in [-0.3, -0.25) is 0 Å². The summed E-state index contributed by atoms with van der Waals surface area (Å²) in [6.45, 7) is 0.726. The van der Waals surface area contributed by atoms with Crippen molar-refractivity contribution in [1.82, 2.24) is 0 Å². The Hall–Kier alpha value is -0.730. The lowest BCUT2D eigenvalue weighted by Crippen LogP contribution is -2.09. The van der Waals surface area contributed by atoms with Crippen molar-refractivity contribution in [1.29, 1.82) is 0 Å². The molecule has 0 heterocycles. The molecular formula is C13H18ClNO. The fraction of sp³-hybridized carbons (Fsp3) is 0.538. The zero-order valence-corrected chi connectivity index (χ0v) is 10.3. The van der Waals surface area contributed by atoms with Gasteiger partial charge >= 0.3 is 0 Å². The fourth-order valence-electron chi connectivity index (χ4n) is 2.26. The van der Waals surface area contributed by atoms with Gasteiger partial charge in [-0.1, -0.05) is 17.7 Å². The number of hydrogen-bond donors (Lipinski definition) is 1. The second-order valence-electron chi connectivity index (χ2n) is 4.41. The van der Waals surface area contributed by atoms with Crippen LogP contribution in [0.15, 0.2) is 18.2 Å². The Morgan fingerprint density at radius 3 is 2.75 bits per heavy atom. The van der Waals surface area contributed by atoms with Gasteiger partial charge in [0.05, 0.1) is 7.11 Å². The van der Waals surface area contributed by atoms with Crippen LogP contribution in [0.4, 0.5) is 0 Å². The first-order valence-electron chi connectivity index (χ1n) is 5.79. The number of methoxy groups -OCH3 is 1.